The minimum atomic E-state index is 0.276. The highest BCUT2D eigenvalue weighted by Gasteiger charge is 2.45. The Bertz CT molecular complexity index is 558. The van der Waals surface area contributed by atoms with E-state index in [4.69, 9.17) is 0 Å². The summed E-state index contributed by atoms with van der Waals surface area (Å²) in [6.45, 7) is 4.91. The summed E-state index contributed by atoms with van der Waals surface area (Å²) in [6.07, 6.45) is 7.90. The Hall–Kier alpha value is -1.61. The normalized spacial score (nSPS) is 24.6. The molecule has 1 atom stereocenters. The van der Waals surface area contributed by atoms with Crippen molar-refractivity contribution in [2.24, 2.45) is 0 Å². The Morgan fingerprint density at radius 3 is 2.61 bits per heavy atom. The molecule has 0 radical (unpaired) electrons. The van der Waals surface area contributed by atoms with E-state index in [2.05, 4.69) is 47.2 Å². The van der Waals surface area contributed by atoms with E-state index in [0.29, 0.717) is 12.3 Å². The van der Waals surface area contributed by atoms with E-state index in [-0.39, 0.29) is 11.4 Å². The molecule has 0 aromatic heterocycles. The van der Waals surface area contributed by atoms with Gasteiger partial charge in [-0.25, -0.2) is 0 Å². The molecular formula is C20H28N2O. The van der Waals surface area contributed by atoms with Gasteiger partial charge in [-0.1, -0.05) is 42.5 Å². The topological polar surface area (TPSA) is 23.6 Å². The van der Waals surface area contributed by atoms with Crippen LogP contribution in [-0.4, -0.2) is 47.9 Å². The SMILES string of the molecule is C/C=C/CC(=O)N1CCC2(CC1)C[C@@H](c1ccccc1)CN2C. The number of nitrogens with zero attached hydrogens (tertiary/aromatic N) is 2. The number of hydrogen-bond donors (Lipinski definition) is 0. The van der Waals surface area contributed by atoms with Crippen molar-refractivity contribution in [3.63, 3.8) is 0 Å². The molecule has 1 spiro atoms. The minimum Gasteiger partial charge on any atom is -0.342 e. The molecule has 2 aliphatic heterocycles. The number of likely N-dealkylation sites (N-methyl/N-ethyl adjacent to an activating group) is 1. The number of carbonyl (C=O) groups is 1. The number of piperidine rings is 1. The van der Waals surface area contributed by atoms with E-state index in [0.717, 1.165) is 32.5 Å². The Morgan fingerprint density at radius 1 is 1.26 bits per heavy atom. The molecule has 0 unspecified atom stereocenters. The molecule has 2 fully saturated rings. The van der Waals surface area contributed by atoms with Gasteiger partial charge in [-0.15, -0.1) is 0 Å². The van der Waals surface area contributed by atoms with E-state index in [1.807, 2.05) is 19.1 Å². The molecule has 0 N–H and O–H groups in total. The van der Waals surface area contributed by atoms with Gasteiger partial charge in [0.05, 0.1) is 0 Å². The summed E-state index contributed by atoms with van der Waals surface area (Å²) in [5.74, 6) is 0.907. The van der Waals surface area contributed by atoms with E-state index in [1.54, 1.807) is 0 Å². The zero-order valence-corrected chi connectivity index (χ0v) is 14.4. The maximum Gasteiger partial charge on any atom is 0.226 e. The van der Waals surface area contributed by atoms with Crippen LogP contribution in [0.5, 0.6) is 0 Å². The third-order valence-electron chi connectivity index (χ3n) is 5.78. The van der Waals surface area contributed by atoms with Crippen LogP contribution in [0.4, 0.5) is 0 Å². The second-order valence-corrected chi connectivity index (χ2v) is 7.07. The number of likely N-dealkylation sites (tertiary alicyclic amines) is 2. The number of hydrogen-bond acceptors (Lipinski definition) is 2. The number of carbonyl (C=O) groups excluding carboxylic acids is 1. The van der Waals surface area contributed by atoms with Crippen LogP contribution >= 0.6 is 0 Å². The average Bonchev–Trinajstić information content (AvgIpc) is 2.91. The fourth-order valence-electron chi connectivity index (χ4n) is 4.26. The predicted octanol–water partition coefficient (Wildman–Crippen LogP) is 3.43. The first-order valence-corrected chi connectivity index (χ1v) is 8.80. The fourth-order valence-corrected chi connectivity index (χ4v) is 4.26. The monoisotopic (exact) mass is 312 g/mol. The van der Waals surface area contributed by atoms with Crippen molar-refractivity contribution >= 4 is 5.91 Å². The van der Waals surface area contributed by atoms with Crippen LogP contribution in [-0.2, 0) is 4.79 Å². The van der Waals surface area contributed by atoms with Gasteiger partial charge in [0, 0.05) is 31.6 Å². The summed E-state index contributed by atoms with van der Waals surface area (Å²) in [4.78, 5) is 16.8. The average molecular weight is 312 g/mol. The van der Waals surface area contributed by atoms with Gasteiger partial charge in [0.1, 0.15) is 0 Å². The summed E-state index contributed by atoms with van der Waals surface area (Å²) >= 11 is 0. The van der Waals surface area contributed by atoms with Gasteiger partial charge in [0.25, 0.3) is 0 Å². The molecule has 23 heavy (non-hydrogen) atoms. The quantitative estimate of drug-likeness (QED) is 0.798. The van der Waals surface area contributed by atoms with Crippen LogP contribution in [0.3, 0.4) is 0 Å². The largest absolute Gasteiger partial charge is 0.342 e. The van der Waals surface area contributed by atoms with Gasteiger partial charge in [-0.05, 0) is 44.7 Å². The van der Waals surface area contributed by atoms with Gasteiger partial charge in [-0.2, -0.15) is 0 Å². The predicted molar refractivity (Wildman–Crippen MR) is 94.4 cm³/mol. The third-order valence-corrected chi connectivity index (χ3v) is 5.78. The van der Waals surface area contributed by atoms with Crippen LogP contribution < -0.4 is 0 Å². The molecule has 3 nitrogen and oxygen atoms in total. The lowest BCUT2D eigenvalue weighted by molar-refractivity contribution is -0.132. The molecule has 0 bridgehead atoms. The van der Waals surface area contributed by atoms with Gasteiger partial charge in [0.15, 0.2) is 0 Å². The number of amides is 1. The van der Waals surface area contributed by atoms with Crippen molar-refractivity contribution in [2.45, 2.75) is 44.1 Å². The summed E-state index contributed by atoms with van der Waals surface area (Å²) in [5.41, 5.74) is 1.75. The molecule has 1 aromatic carbocycles. The van der Waals surface area contributed by atoms with Gasteiger partial charge >= 0.3 is 0 Å². The highest BCUT2D eigenvalue weighted by molar-refractivity contribution is 5.77. The zero-order chi connectivity index (χ0) is 16.3. The Balaban J connectivity index is 1.62. The van der Waals surface area contributed by atoms with Crippen molar-refractivity contribution in [2.75, 3.05) is 26.7 Å². The van der Waals surface area contributed by atoms with Crippen LogP contribution in [0.1, 0.15) is 44.1 Å². The molecule has 124 valence electrons. The van der Waals surface area contributed by atoms with E-state index in [1.165, 1.54) is 12.0 Å². The number of allylic oxidation sites excluding steroid dienone is 1. The van der Waals surface area contributed by atoms with E-state index < -0.39 is 0 Å². The molecule has 1 amide bonds. The van der Waals surface area contributed by atoms with Crippen molar-refractivity contribution < 1.29 is 4.79 Å². The third kappa shape index (κ3) is 3.35. The maximum absolute atomic E-state index is 12.2. The lowest BCUT2D eigenvalue weighted by Gasteiger charge is -2.43. The van der Waals surface area contributed by atoms with E-state index >= 15 is 0 Å². The Morgan fingerprint density at radius 2 is 1.96 bits per heavy atom. The molecule has 3 heteroatoms. The van der Waals surface area contributed by atoms with Crippen molar-refractivity contribution in [1.29, 1.82) is 0 Å². The smallest absolute Gasteiger partial charge is 0.226 e. The lowest BCUT2D eigenvalue weighted by atomic mass is 9.81. The number of rotatable bonds is 3. The fraction of sp³-hybridized carbons (Fsp3) is 0.550. The number of benzene rings is 1. The second kappa shape index (κ2) is 6.88. The molecule has 0 aliphatic carbocycles. The highest BCUT2D eigenvalue weighted by Crippen LogP contribution is 2.43. The highest BCUT2D eigenvalue weighted by atomic mass is 16.2. The second-order valence-electron chi connectivity index (χ2n) is 7.07. The zero-order valence-electron chi connectivity index (χ0n) is 14.4. The van der Waals surface area contributed by atoms with Gasteiger partial charge in [0.2, 0.25) is 5.91 Å². The summed E-state index contributed by atoms with van der Waals surface area (Å²) in [7, 11) is 2.26. The van der Waals surface area contributed by atoms with Crippen molar-refractivity contribution in [3.05, 3.63) is 48.0 Å². The summed E-state index contributed by atoms with van der Waals surface area (Å²) in [6, 6.07) is 10.9. The van der Waals surface area contributed by atoms with Crippen LogP contribution in [0.25, 0.3) is 0 Å². The van der Waals surface area contributed by atoms with Crippen molar-refractivity contribution in [3.8, 4) is 0 Å². The maximum atomic E-state index is 12.2. The first-order chi connectivity index (χ1) is 11.1. The Labute approximate surface area is 140 Å². The van der Waals surface area contributed by atoms with Crippen LogP contribution in [0, 0.1) is 0 Å². The van der Waals surface area contributed by atoms with Gasteiger partial charge in [-0.3, -0.25) is 9.69 Å². The van der Waals surface area contributed by atoms with E-state index in [9.17, 15) is 4.79 Å². The first kappa shape index (κ1) is 16.3. The standard InChI is InChI=1S/C20H28N2O/c1-3-4-10-19(23)22-13-11-20(12-14-22)15-18(16-21(20)2)17-8-6-5-7-9-17/h3-9,18H,10-16H2,1-2H3/b4-3+/t18-/m1/s1. The minimum absolute atomic E-state index is 0.276. The van der Waals surface area contributed by atoms with Crippen molar-refractivity contribution in [1.82, 2.24) is 9.80 Å². The first-order valence-electron chi connectivity index (χ1n) is 8.80. The Kier molecular flexibility index (Phi) is 4.86. The summed E-state index contributed by atoms with van der Waals surface area (Å²) in [5, 5.41) is 0. The molecule has 2 aliphatic rings. The van der Waals surface area contributed by atoms with Crippen LogP contribution in [0.2, 0.25) is 0 Å². The molecule has 3 rings (SSSR count). The molecule has 1 aromatic rings. The van der Waals surface area contributed by atoms with Gasteiger partial charge < -0.3 is 4.90 Å². The molecule has 2 heterocycles. The summed E-state index contributed by atoms with van der Waals surface area (Å²) < 4.78 is 0. The van der Waals surface area contributed by atoms with Crippen LogP contribution in [0.15, 0.2) is 42.5 Å². The molecule has 2 saturated heterocycles. The molecule has 0 saturated carbocycles. The lowest BCUT2D eigenvalue weighted by Crippen LogP contribution is -2.51. The molecular weight excluding hydrogens is 284 g/mol.